The van der Waals surface area contributed by atoms with Crippen molar-refractivity contribution in [2.45, 2.75) is 20.0 Å². The molecule has 24 heavy (non-hydrogen) atoms. The van der Waals surface area contributed by atoms with Crippen LogP contribution in [0.2, 0.25) is 5.02 Å². The Morgan fingerprint density at radius 3 is 2.67 bits per heavy atom. The highest BCUT2D eigenvalue weighted by Crippen LogP contribution is 2.23. The summed E-state index contributed by atoms with van der Waals surface area (Å²) in [4.78, 5) is 24.3. The summed E-state index contributed by atoms with van der Waals surface area (Å²) in [5.41, 5.74) is 1.85. The fourth-order valence-electron chi connectivity index (χ4n) is 1.98. The number of nitrogens with zero attached hydrogens (tertiary/aromatic N) is 1. The number of carbonyl (C=O) groups excluding carboxylic acids is 2. The maximum atomic E-state index is 12.2. The van der Waals surface area contributed by atoms with Gasteiger partial charge in [-0.25, -0.2) is 4.79 Å². The van der Waals surface area contributed by atoms with E-state index in [2.05, 4.69) is 5.32 Å². The molecule has 2 rings (SSSR count). The first-order chi connectivity index (χ1) is 11.4. The van der Waals surface area contributed by atoms with Gasteiger partial charge in [0.15, 0.2) is 6.10 Å². The van der Waals surface area contributed by atoms with Crippen molar-refractivity contribution in [1.82, 2.24) is 0 Å². The largest absolute Gasteiger partial charge is 0.449 e. The number of carbonyl (C=O) groups is 2. The van der Waals surface area contributed by atoms with Gasteiger partial charge in [-0.1, -0.05) is 23.7 Å². The van der Waals surface area contributed by atoms with E-state index in [9.17, 15) is 9.59 Å². The molecule has 0 aliphatic rings. The average molecular weight is 343 g/mol. The van der Waals surface area contributed by atoms with E-state index in [1.165, 1.54) is 19.1 Å². The van der Waals surface area contributed by atoms with E-state index in [1.54, 1.807) is 37.3 Å². The van der Waals surface area contributed by atoms with Crippen LogP contribution in [0.3, 0.4) is 0 Å². The van der Waals surface area contributed by atoms with Crippen molar-refractivity contribution in [1.29, 1.82) is 5.26 Å². The van der Waals surface area contributed by atoms with Gasteiger partial charge in [-0.3, -0.25) is 4.79 Å². The number of hydrogen-bond acceptors (Lipinski definition) is 4. The molecule has 1 N–H and O–H groups in total. The fraction of sp³-hybridized carbons (Fsp3) is 0.167. The van der Waals surface area contributed by atoms with Gasteiger partial charge in [-0.15, -0.1) is 0 Å². The molecule has 0 fully saturated rings. The number of nitriles is 1. The van der Waals surface area contributed by atoms with Crippen LogP contribution in [0.15, 0.2) is 42.5 Å². The van der Waals surface area contributed by atoms with E-state index < -0.39 is 18.0 Å². The minimum atomic E-state index is -0.998. The molecule has 5 nitrogen and oxygen atoms in total. The van der Waals surface area contributed by atoms with E-state index in [0.29, 0.717) is 16.3 Å². The SMILES string of the molecule is Cc1c(Cl)cccc1NC(=O)[C@@H](C)OC(=O)c1cccc(C#N)c1. The highest BCUT2D eigenvalue weighted by molar-refractivity contribution is 6.31. The summed E-state index contributed by atoms with van der Waals surface area (Å²) in [5.74, 6) is -1.14. The molecule has 0 bridgehead atoms. The summed E-state index contributed by atoms with van der Waals surface area (Å²) in [6.07, 6.45) is -0.998. The first-order valence-electron chi connectivity index (χ1n) is 7.19. The van der Waals surface area contributed by atoms with E-state index in [1.807, 2.05) is 6.07 Å². The quantitative estimate of drug-likeness (QED) is 0.859. The molecule has 0 unspecified atom stereocenters. The molecule has 0 saturated heterocycles. The van der Waals surface area contributed by atoms with Crippen molar-refractivity contribution in [3.8, 4) is 6.07 Å². The Bertz CT molecular complexity index is 827. The molecule has 0 aliphatic carbocycles. The number of anilines is 1. The molecule has 2 aromatic carbocycles. The standard InChI is InChI=1S/C18H15ClN2O3/c1-11-15(19)7-4-8-16(11)21-17(22)12(2)24-18(23)14-6-3-5-13(9-14)10-20/h3-9,12H,1-2H3,(H,21,22)/t12-/m1/s1. The van der Waals surface area contributed by atoms with E-state index in [0.717, 1.165) is 5.56 Å². The molecule has 0 radical (unpaired) electrons. The van der Waals surface area contributed by atoms with Gasteiger partial charge in [-0.05, 0) is 49.7 Å². The summed E-state index contributed by atoms with van der Waals surface area (Å²) >= 11 is 6.01. The average Bonchev–Trinajstić information content (AvgIpc) is 2.58. The van der Waals surface area contributed by atoms with Crippen molar-refractivity contribution in [2.75, 3.05) is 5.32 Å². The molecule has 1 atom stereocenters. The van der Waals surface area contributed by atoms with Crippen LogP contribution in [-0.4, -0.2) is 18.0 Å². The summed E-state index contributed by atoms with van der Waals surface area (Å²) < 4.78 is 5.15. The Morgan fingerprint density at radius 1 is 1.25 bits per heavy atom. The van der Waals surface area contributed by atoms with E-state index in [-0.39, 0.29) is 5.56 Å². The van der Waals surface area contributed by atoms with Crippen LogP contribution in [0.25, 0.3) is 0 Å². The van der Waals surface area contributed by atoms with Crippen molar-refractivity contribution < 1.29 is 14.3 Å². The maximum absolute atomic E-state index is 12.2. The molecule has 0 saturated carbocycles. The molecule has 1 amide bonds. The zero-order chi connectivity index (χ0) is 17.7. The Kier molecular flexibility index (Phi) is 5.56. The molecule has 0 spiro atoms. The van der Waals surface area contributed by atoms with Crippen LogP contribution in [-0.2, 0) is 9.53 Å². The van der Waals surface area contributed by atoms with E-state index >= 15 is 0 Å². The lowest BCUT2D eigenvalue weighted by Crippen LogP contribution is -2.30. The van der Waals surface area contributed by atoms with Crippen LogP contribution >= 0.6 is 11.6 Å². The van der Waals surface area contributed by atoms with Crippen LogP contribution in [0.1, 0.15) is 28.4 Å². The van der Waals surface area contributed by atoms with Crippen LogP contribution < -0.4 is 5.32 Å². The number of benzene rings is 2. The highest BCUT2D eigenvalue weighted by Gasteiger charge is 2.20. The first kappa shape index (κ1) is 17.5. The molecule has 122 valence electrons. The van der Waals surface area contributed by atoms with Gasteiger partial charge in [0, 0.05) is 10.7 Å². The predicted molar refractivity (Wildman–Crippen MR) is 90.9 cm³/mol. The zero-order valence-corrected chi connectivity index (χ0v) is 13.9. The lowest BCUT2D eigenvalue weighted by atomic mass is 10.1. The lowest BCUT2D eigenvalue weighted by Gasteiger charge is -2.15. The van der Waals surface area contributed by atoms with Gasteiger partial charge in [-0.2, -0.15) is 5.26 Å². The molecular weight excluding hydrogens is 328 g/mol. The molecule has 6 heteroatoms. The number of hydrogen-bond donors (Lipinski definition) is 1. The summed E-state index contributed by atoms with van der Waals surface area (Å²) in [5, 5.41) is 12.1. The van der Waals surface area contributed by atoms with Crippen molar-refractivity contribution in [3.63, 3.8) is 0 Å². The van der Waals surface area contributed by atoms with Crippen molar-refractivity contribution in [3.05, 3.63) is 64.2 Å². The second kappa shape index (κ2) is 7.62. The number of amides is 1. The zero-order valence-electron chi connectivity index (χ0n) is 13.2. The summed E-state index contributed by atoms with van der Waals surface area (Å²) in [6, 6.07) is 13.2. The molecule has 0 aromatic heterocycles. The third-order valence-electron chi connectivity index (χ3n) is 3.41. The van der Waals surface area contributed by atoms with Crippen LogP contribution in [0.5, 0.6) is 0 Å². The maximum Gasteiger partial charge on any atom is 0.338 e. The van der Waals surface area contributed by atoms with Crippen LogP contribution in [0.4, 0.5) is 5.69 Å². The first-order valence-corrected chi connectivity index (χ1v) is 7.57. The smallest absolute Gasteiger partial charge is 0.338 e. The Labute approximate surface area is 144 Å². The third-order valence-corrected chi connectivity index (χ3v) is 3.82. The number of esters is 1. The summed E-state index contributed by atoms with van der Waals surface area (Å²) in [6.45, 7) is 3.25. The number of rotatable bonds is 4. The second-order valence-corrected chi connectivity index (χ2v) is 5.55. The monoisotopic (exact) mass is 342 g/mol. The van der Waals surface area contributed by atoms with Crippen molar-refractivity contribution >= 4 is 29.2 Å². The minimum absolute atomic E-state index is 0.215. The van der Waals surface area contributed by atoms with Crippen molar-refractivity contribution in [2.24, 2.45) is 0 Å². The Hall–Kier alpha value is -2.84. The topological polar surface area (TPSA) is 79.2 Å². The van der Waals surface area contributed by atoms with Gasteiger partial charge in [0.2, 0.25) is 0 Å². The Morgan fingerprint density at radius 2 is 1.96 bits per heavy atom. The highest BCUT2D eigenvalue weighted by atomic mass is 35.5. The third kappa shape index (κ3) is 4.12. The molecule has 0 aliphatic heterocycles. The van der Waals surface area contributed by atoms with Gasteiger partial charge in [0.25, 0.3) is 5.91 Å². The Balaban J connectivity index is 2.04. The minimum Gasteiger partial charge on any atom is -0.449 e. The van der Waals surface area contributed by atoms with Crippen LogP contribution in [0, 0.1) is 18.3 Å². The molecule has 0 heterocycles. The van der Waals surface area contributed by atoms with E-state index in [4.69, 9.17) is 21.6 Å². The number of nitrogens with one attached hydrogen (secondary N) is 1. The number of ether oxygens (including phenoxy) is 1. The second-order valence-electron chi connectivity index (χ2n) is 5.14. The van der Waals surface area contributed by atoms with Gasteiger partial charge >= 0.3 is 5.97 Å². The van der Waals surface area contributed by atoms with Gasteiger partial charge in [0.05, 0.1) is 17.2 Å². The molecule has 2 aromatic rings. The number of halogens is 1. The summed E-state index contributed by atoms with van der Waals surface area (Å²) in [7, 11) is 0. The fourth-order valence-corrected chi connectivity index (χ4v) is 2.15. The lowest BCUT2D eigenvalue weighted by molar-refractivity contribution is -0.123. The van der Waals surface area contributed by atoms with Gasteiger partial charge in [0.1, 0.15) is 0 Å². The predicted octanol–water partition coefficient (Wildman–Crippen LogP) is 3.70. The normalized spacial score (nSPS) is 11.2. The molecular formula is C18H15ClN2O3. The van der Waals surface area contributed by atoms with Gasteiger partial charge < -0.3 is 10.1 Å².